The summed E-state index contributed by atoms with van der Waals surface area (Å²) < 4.78 is 65.1. The van der Waals surface area contributed by atoms with E-state index in [2.05, 4.69) is 4.98 Å². The molecule has 2 aromatic rings. The molecule has 2 heterocycles. The van der Waals surface area contributed by atoms with Crippen molar-refractivity contribution in [3.05, 3.63) is 65.5 Å². The third-order valence-corrected chi connectivity index (χ3v) is 6.19. The molecule has 0 bridgehead atoms. The van der Waals surface area contributed by atoms with Gasteiger partial charge in [0.15, 0.2) is 5.69 Å². The van der Waals surface area contributed by atoms with E-state index in [0.717, 1.165) is 22.5 Å². The zero-order valence-electron chi connectivity index (χ0n) is 14.3. The molecule has 10 heteroatoms. The van der Waals surface area contributed by atoms with E-state index in [1.165, 1.54) is 6.20 Å². The Morgan fingerprint density at radius 2 is 1.93 bits per heavy atom. The molecule has 0 spiro atoms. The Labute approximate surface area is 159 Å². The zero-order chi connectivity index (χ0) is 20.5. The van der Waals surface area contributed by atoms with Crippen molar-refractivity contribution in [2.24, 2.45) is 0 Å². The van der Waals surface area contributed by atoms with E-state index in [4.69, 9.17) is 0 Å². The molecule has 0 radical (unpaired) electrons. The molecule has 0 saturated carbocycles. The van der Waals surface area contributed by atoms with E-state index >= 15 is 0 Å². The molecule has 0 saturated heterocycles. The molecule has 0 atom stereocenters. The van der Waals surface area contributed by atoms with Gasteiger partial charge in [0.2, 0.25) is 10.0 Å². The molecule has 3 rings (SSSR count). The molecule has 6 nitrogen and oxygen atoms in total. The molecule has 1 N–H and O–H groups in total. The molecule has 0 fully saturated rings. The van der Waals surface area contributed by atoms with Crippen LogP contribution >= 0.6 is 0 Å². The average Bonchev–Trinajstić information content (AvgIpc) is 2.67. The number of carboxylic acid groups (broad SMARTS) is 1. The highest BCUT2D eigenvalue weighted by Crippen LogP contribution is 2.32. The number of rotatable bonds is 4. The van der Waals surface area contributed by atoms with Crippen molar-refractivity contribution in [2.45, 2.75) is 17.5 Å². The van der Waals surface area contributed by atoms with Crippen LogP contribution in [0.3, 0.4) is 0 Å². The maximum absolute atomic E-state index is 12.9. The Balaban J connectivity index is 1.88. The first-order valence-electron chi connectivity index (χ1n) is 8.16. The fourth-order valence-corrected chi connectivity index (χ4v) is 4.36. The Kier molecular flexibility index (Phi) is 5.26. The lowest BCUT2D eigenvalue weighted by molar-refractivity contribution is -0.137. The highest BCUT2D eigenvalue weighted by Gasteiger charge is 2.33. The van der Waals surface area contributed by atoms with Crippen molar-refractivity contribution >= 4 is 21.6 Å². The van der Waals surface area contributed by atoms with E-state index in [1.807, 2.05) is 0 Å². The number of halogens is 3. The third-order valence-electron chi connectivity index (χ3n) is 4.33. The first-order valence-corrected chi connectivity index (χ1v) is 9.60. The van der Waals surface area contributed by atoms with E-state index in [1.54, 1.807) is 18.2 Å². The lowest BCUT2D eigenvalue weighted by Gasteiger charge is -2.26. The van der Waals surface area contributed by atoms with Gasteiger partial charge in [-0.15, -0.1) is 0 Å². The number of aromatic nitrogens is 1. The van der Waals surface area contributed by atoms with Crippen LogP contribution in [0.2, 0.25) is 0 Å². The molecule has 1 aliphatic rings. The smallest absolute Gasteiger partial charge is 0.416 e. The van der Waals surface area contributed by atoms with Gasteiger partial charge in [0.25, 0.3) is 0 Å². The molecule has 0 unspecified atom stereocenters. The number of hydrogen-bond donors (Lipinski definition) is 1. The zero-order valence-corrected chi connectivity index (χ0v) is 15.2. The minimum Gasteiger partial charge on any atom is -0.476 e. The minimum absolute atomic E-state index is 0.0123. The molecule has 0 amide bonds. The Hall–Kier alpha value is -2.72. The first kappa shape index (κ1) is 20.0. The Morgan fingerprint density at radius 1 is 1.18 bits per heavy atom. The number of nitrogens with zero attached hydrogens (tertiary/aromatic N) is 2. The van der Waals surface area contributed by atoms with Crippen molar-refractivity contribution in [1.82, 2.24) is 9.29 Å². The number of aromatic carboxylic acids is 1. The molecule has 1 aromatic carbocycles. The van der Waals surface area contributed by atoms with Gasteiger partial charge >= 0.3 is 12.1 Å². The van der Waals surface area contributed by atoms with Crippen LogP contribution in [0.4, 0.5) is 13.2 Å². The summed E-state index contributed by atoms with van der Waals surface area (Å²) in [5, 5.41) is 9.23. The summed E-state index contributed by atoms with van der Waals surface area (Å²) in [7, 11) is -4.12. The van der Waals surface area contributed by atoms with Gasteiger partial charge in [-0.3, -0.25) is 0 Å². The number of pyridine rings is 1. The normalized spacial score (nSPS) is 15.9. The number of hydrogen-bond acceptors (Lipinski definition) is 4. The van der Waals surface area contributed by atoms with Gasteiger partial charge in [0, 0.05) is 24.8 Å². The molecule has 148 valence electrons. The average molecular weight is 412 g/mol. The van der Waals surface area contributed by atoms with Crippen LogP contribution in [0.25, 0.3) is 5.57 Å². The van der Waals surface area contributed by atoms with Crippen LogP contribution in [-0.4, -0.2) is 41.9 Å². The van der Waals surface area contributed by atoms with Crippen molar-refractivity contribution < 1.29 is 31.5 Å². The van der Waals surface area contributed by atoms with Gasteiger partial charge < -0.3 is 5.11 Å². The maximum Gasteiger partial charge on any atom is 0.416 e. The van der Waals surface area contributed by atoms with Crippen LogP contribution in [0, 0.1) is 0 Å². The van der Waals surface area contributed by atoms with Crippen LogP contribution in [0.1, 0.15) is 28.0 Å². The highest BCUT2D eigenvalue weighted by atomic mass is 32.2. The van der Waals surface area contributed by atoms with E-state index in [0.29, 0.717) is 17.2 Å². The number of sulfonamides is 1. The SMILES string of the molecule is O=C(O)c1ncccc1C1=CCN(S(=O)(=O)c2cccc(C(F)(F)F)c2)CC1. The lowest BCUT2D eigenvalue weighted by Crippen LogP contribution is -2.35. The van der Waals surface area contributed by atoms with Gasteiger partial charge in [-0.1, -0.05) is 18.2 Å². The fraction of sp³-hybridized carbons (Fsp3) is 0.222. The fourth-order valence-electron chi connectivity index (χ4n) is 2.93. The second-order valence-corrected chi connectivity index (χ2v) is 8.01. The molecular weight excluding hydrogens is 397 g/mol. The van der Waals surface area contributed by atoms with E-state index in [9.17, 15) is 31.5 Å². The number of carboxylic acids is 1. The van der Waals surface area contributed by atoms with Gasteiger partial charge in [0.05, 0.1) is 10.5 Å². The summed E-state index contributed by atoms with van der Waals surface area (Å²) in [6.07, 6.45) is -1.53. The van der Waals surface area contributed by atoms with Gasteiger partial charge in [0.1, 0.15) is 0 Å². The molecule has 28 heavy (non-hydrogen) atoms. The summed E-state index contributed by atoms with van der Waals surface area (Å²) in [6.45, 7) is -0.0692. The Morgan fingerprint density at radius 3 is 2.54 bits per heavy atom. The summed E-state index contributed by atoms with van der Waals surface area (Å²) >= 11 is 0. The number of alkyl halides is 3. The second-order valence-electron chi connectivity index (χ2n) is 6.07. The van der Waals surface area contributed by atoms with Crippen LogP contribution < -0.4 is 0 Å². The molecular formula is C18H15F3N2O4S. The van der Waals surface area contributed by atoms with E-state index < -0.39 is 32.6 Å². The lowest BCUT2D eigenvalue weighted by atomic mass is 9.99. The third kappa shape index (κ3) is 3.92. The molecule has 1 aromatic heterocycles. The molecule has 0 aliphatic carbocycles. The topological polar surface area (TPSA) is 87.6 Å². The van der Waals surface area contributed by atoms with Gasteiger partial charge in [-0.05, 0) is 36.3 Å². The molecule has 1 aliphatic heterocycles. The van der Waals surface area contributed by atoms with Crippen molar-refractivity contribution in [3.8, 4) is 0 Å². The van der Waals surface area contributed by atoms with Crippen molar-refractivity contribution in [2.75, 3.05) is 13.1 Å². The predicted molar refractivity (Wildman–Crippen MR) is 94.0 cm³/mol. The quantitative estimate of drug-likeness (QED) is 0.833. The monoisotopic (exact) mass is 412 g/mol. The summed E-state index contributed by atoms with van der Waals surface area (Å²) in [5.74, 6) is -1.20. The van der Waals surface area contributed by atoms with Crippen LogP contribution in [-0.2, 0) is 16.2 Å². The first-order chi connectivity index (χ1) is 13.1. The minimum atomic E-state index is -4.64. The Bertz CT molecular complexity index is 1050. The summed E-state index contributed by atoms with van der Waals surface area (Å²) in [5.41, 5.74) is -0.154. The van der Waals surface area contributed by atoms with E-state index in [-0.39, 0.29) is 25.2 Å². The maximum atomic E-state index is 12.9. The largest absolute Gasteiger partial charge is 0.476 e. The van der Waals surface area contributed by atoms with Crippen molar-refractivity contribution in [3.63, 3.8) is 0 Å². The predicted octanol–water partition coefficient (Wildman–Crippen LogP) is 3.28. The van der Waals surface area contributed by atoms with Gasteiger partial charge in [-0.2, -0.15) is 17.5 Å². The standard InChI is InChI=1S/C18H15F3N2O4S/c19-18(20,21)13-3-1-4-14(11-13)28(26,27)23-9-6-12(7-10-23)15-5-2-8-22-16(15)17(24)25/h1-6,8,11H,7,9-10H2,(H,24,25). The second kappa shape index (κ2) is 7.36. The number of carbonyl (C=O) groups is 1. The van der Waals surface area contributed by atoms with Crippen molar-refractivity contribution in [1.29, 1.82) is 0 Å². The van der Waals surface area contributed by atoms with Gasteiger partial charge in [-0.25, -0.2) is 18.2 Å². The van der Waals surface area contributed by atoms with Crippen LogP contribution in [0.15, 0.2) is 53.6 Å². The summed E-state index contributed by atoms with van der Waals surface area (Å²) in [6, 6.07) is 6.75. The highest BCUT2D eigenvalue weighted by molar-refractivity contribution is 7.89. The summed E-state index contributed by atoms with van der Waals surface area (Å²) in [4.78, 5) is 14.7. The number of benzene rings is 1. The van der Waals surface area contributed by atoms with Crippen LogP contribution in [0.5, 0.6) is 0 Å².